The van der Waals surface area contributed by atoms with E-state index < -0.39 is 5.91 Å². The van der Waals surface area contributed by atoms with Gasteiger partial charge in [0, 0.05) is 21.5 Å². The van der Waals surface area contributed by atoms with Crippen molar-refractivity contribution in [2.24, 2.45) is 5.73 Å². The first-order valence-corrected chi connectivity index (χ1v) is 8.64. The third-order valence-corrected chi connectivity index (χ3v) is 5.32. The van der Waals surface area contributed by atoms with Gasteiger partial charge in [-0.1, -0.05) is 30.3 Å². The third-order valence-electron chi connectivity index (χ3n) is 3.76. The summed E-state index contributed by atoms with van der Waals surface area (Å²) >= 11 is 7.11. The second-order valence-corrected chi connectivity index (χ2v) is 6.69. The fourth-order valence-corrected chi connectivity index (χ4v) is 3.86. The third kappa shape index (κ3) is 3.00. The molecule has 2 aromatic carbocycles. The Morgan fingerprint density at radius 3 is 2.50 bits per heavy atom. The number of benzene rings is 2. The minimum Gasteiger partial charge on any atom is -0.365 e. The zero-order valence-corrected chi connectivity index (χ0v) is 14.5. The number of rotatable bonds is 4. The van der Waals surface area contributed by atoms with E-state index in [2.05, 4.69) is 5.32 Å². The first kappa shape index (κ1) is 16.5. The van der Waals surface area contributed by atoms with Crippen LogP contribution >= 0.6 is 22.9 Å². The summed E-state index contributed by atoms with van der Waals surface area (Å²) in [6, 6.07) is 12.7. The lowest BCUT2D eigenvalue weighted by atomic mass is 10.1. The van der Waals surface area contributed by atoms with Crippen LogP contribution in [0.25, 0.3) is 10.1 Å². The first-order valence-electron chi connectivity index (χ1n) is 7.29. The van der Waals surface area contributed by atoms with Gasteiger partial charge in [-0.05, 0) is 30.2 Å². The highest BCUT2D eigenvalue weighted by Gasteiger charge is 2.19. The normalized spacial score (nSPS) is 10.8. The lowest BCUT2D eigenvalue weighted by Gasteiger charge is -2.05. The van der Waals surface area contributed by atoms with Crippen molar-refractivity contribution in [2.75, 3.05) is 5.32 Å². The van der Waals surface area contributed by atoms with E-state index in [1.165, 1.54) is 11.3 Å². The number of amides is 2. The first-order chi connectivity index (χ1) is 11.5. The zero-order valence-electron chi connectivity index (χ0n) is 12.9. The van der Waals surface area contributed by atoms with Crippen LogP contribution in [0.15, 0.2) is 42.5 Å². The van der Waals surface area contributed by atoms with Crippen molar-refractivity contribution in [1.29, 1.82) is 0 Å². The zero-order chi connectivity index (χ0) is 17.3. The Hall–Kier alpha value is -2.37. The van der Waals surface area contributed by atoms with E-state index in [-0.39, 0.29) is 5.91 Å². The molecule has 0 radical (unpaired) electrons. The van der Waals surface area contributed by atoms with Crippen LogP contribution in [-0.2, 0) is 5.88 Å². The molecule has 0 fully saturated rings. The monoisotopic (exact) mass is 358 g/mol. The number of halogens is 1. The Kier molecular flexibility index (Phi) is 4.55. The van der Waals surface area contributed by atoms with Crippen molar-refractivity contribution >= 4 is 49.8 Å². The number of thiophene rings is 1. The molecule has 0 aliphatic carbocycles. The fraction of sp³-hybridized carbons (Fsp3) is 0.111. The van der Waals surface area contributed by atoms with E-state index >= 15 is 0 Å². The van der Waals surface area contributed by atoms with Crippen LogP contribution in [0.1, 0.15) is 31.8 Å². The molecule has 0 aliphatic heterocycles. The minimum atomic E-state index is -0.556. The predicted octanol–water partition coefficient (Wildman–Crippen LogP) is 4.30. The SMILES string of the molecule is Cc1cccc2c(C(N)=O)c(NC(=O)c3ccc(CCl)cc3)sc12. The van der Waals surface area contributed by atoms with Gasteiger partial charge in [-0.15, -0.1) is 22.9 Å². The number of carbonyl (C=O) groups excluding carboxylic acids is 2. The quantitative estimate of drug-likeness (QED) is 0.682. The number of anilines is 1. The van der Waals surface area contributed by atoms with E-state index in [9.17, 15) is 9.59 Å². The molecular weight excluding hydrogens is 344 g/mol. The van der Waals surface area contributed by atoms with Crippen molar-refractivity contribution in [3.63, 3.8) is 0 Å². The predicted molar refractivity (Wildman–Crippen MR) is 99.0 cm³/mol. The fourth-order valence-electron chi connectivity index (χ4n) is 2.51. The molecule has 24 heavy (non-hydrogen) atoms. The van der Waals surface area contributed by atoms with Crippen LogP contribution in [0.3, 0.4) is 0 Å². The van der Waals surface area contributed by atoms with Gasteiger partial charge in [0.15, 0.2) is 0 Å². The van der Waals surface area contributed by atoms with Crippen molar-refractivity contribution in [1.82, 2.24) is 0 Å². The molecule has 6 heteroatoms. The molecule has 3 aromatic rings. The van der Waals surface area contributed by atoms with Crippen LogP contribution in [0.5, 0.6) is 0 Å². The lowest BCUT2D eigenvalue weighted by molar-refractivity contribution is 0.100. The van der Waals surface area contributed by atoms with Gasteiger partial charge in [0.05, 0.1) is 5.56 Å². The molecule has 0 spiro atoms. The molecule has 3 rings (SSSR count). The number of nitrogens with one attached hydrogen (secondary N) is 1. The van der Waals surface area contributed by atoms with Gasteiger partial charge in [0.25, 0.3) is 11.8 Å². The van der Waals surface area contributed by atoms with Crippen LogP contribution in [-0.4, -0.2) is 11.8 Å². The molecule has 2 amide bonds. The average Bonchev–Trinajstić information content (AvgIpc) is 2.94. The van der Waals surface area contributed by atoms with Gasteiger partial charge in [-0.25, -0.2) is 0 Å². The van der Waals surface area contributed by atoms with Crippen LogP contribution in [0, 0.1) is 6.92 Å². The maximum Gasteiger partial charge on any atom is 0.256 e. The van der Waals surface area contributed by atoms with E-state index in [1.54, 1.807) is 24.3 Å². The Bertz CT molecular complexity index is 932. The summed E-state index contributed by atoms with van der Waals surface area (Å²) in [4.78, 5) is 24.3. The molecular formula is C18H15ClN2O2S. The summed E-state index contributed by atoms with van der Waals surface area (Å²) in [6.07, 6.45) is 0. The number of hydrogen-bond acceptors (Lipinski definition) is 3. The van der Waals surface area contributed by atoms with Crippen LogP contribution in [0.2, 0.25) is 0 Å². The van der Waals surface area contributed by atoms with Gasteiger partial charge in [-0.2, -0.15) is 0 Å². The Morgan fingerprint density at radius 1 is 1.17 bits per heavy atom. The summed E-state index contributed by atoms with van der Waals surface area (Å²) in [5.74, 6) is -0.453. The smallest absolute Gasteiger partial charge is 0.256 e. The Morgan fingerprint density at radius 2 is 1.88 bits per heavy atom. The molecule has 1 heterocycles. The number of nitrogens with two attached hydrogens (primary N) is 1. The standard InChI is InChI=1S/C18H15ClN2O2S/c1-10-3-2-4-13-14(16(20)22)18(24-15(10)13)21-17(23)12-7-5-11(9-19)6-8-12/h2-8H,9H2,1H3,(H2,20,22)(H,21,23). The molecule has 0 saturated carbocycles. The summed E-state index contributed by atoms with van der Waals surface area (Å²) in [6.45, 7) is 1.96. The largest absolute Gasteiger partial charge is 0.365 e. The maximum atomic E-state index is 12.5. The second kappa shape index (κ2) is 6.63. The average molecular weight is 359 g/mol. The molecule has 0 bridgehead atoms. The van der Waals surface area contributed by atoms with E-state index in [4.69, 9.17) is 17.3 Å². The summed E-state index contributed by atoms with van der Waals surface area (Å²) in [5.41, 5.74) is 8.34. The van der Waals surface area contributed by atoms with E-state index in [0.29, 0.717) is 22.0 Å². The van der Waals surface area contributed by atoms with E-state index in [0.717, 1.165) is 21.2 Å². The molecule has 0 unspecified atom stereocenters. The summed E-state index contributed by atoms with van der Waals surface area (Å²) in [5, 5.41) is 4.04. The Labute approximate surface area is 148 Å². The van der Waals surface area contributed by atoms with Crippen molar-refractivity contribution in [2.45, 2.75) is 12.8 Å². The molecule has 0 aliphatic rings. The van der Waals surface area contributed by atoms with Crippen LogP contribution in [0.4, 0.5) is 5.00 Å². The van der Waals surface area contributed by atoms with Gasteiger partial charge >= 0.3 is 0 Å². The summed E-state index contributed by atoms with van der Waals surface area (Å²) in [7, 11) is 0. The molecule has 0 saturated heterocycles. The van der Waals surface area contributed by atoms with Gasteiger partial charge in [0.2, 0.25) is 0 Å². The summed E-state index contributed by atoms with van der Waals surface area (Å²) < 4.78 is 0.944. The number of primary amides is 1. The van der Waals surface area contributed by atoms with Crippen molar-refractivity contribution < 1.29 is 9.59 Å². The number of aryl methyl sites for hydroxylation is 1. The number of fused-ring (bicyclic) bond motifs is 1. The molecule has 0 atom stereocenters. The molecule has 122 valence electrons. The van der Waals surface area contributed by atoms with Crippen LogP contribution < -0.4 is 11.1 Å². The lowest BCUT2D eigenvalue weighted by Crippen LogP contribution is -2.16. The highest BCUT2D eigenvalue weighted by atomic mass is 35.5. The minimum absolute atomic E-state index is 0.289. The van der Waals surface area contributed by atoms with E-state index in [1.807, 2.05) is 25.1 Å². The highest BCUT2D eigenvalue weighted by molar-refractivity contribution is 7.23. The number of carbonyl (C=O) groups is 2. The number of hydrogen-bond donors (Lipinski definition) is 2. The maximum absolute atomic E-state index is 12.5. The second-order valence-electron chi connectivity index (χ2n) is 5.41. The van der Waals surface area contributed by atoms with Crippen molar-refractivity contribution in [3.05, 3.63) is 64.7 Å². The topological polar surface area (TPSA) is 72.2 Å². The molecule has 4 nitrogen and oxygen atoms in total. The Balaban J connectivity index is 1.99. The van der Waals surface area contributed by atoms with Gasteiger partial charge in [0.1, 0.15) is 5.00 Å². The molecule has 1 aromatic heterocycles. The van der Waals surface area contributed by atoms with Crippen molar-refractivity contribution in [3.8, 4) is 0 Å². The number of alkyl halides is 1. The molecule has 3 N–H and O–H groups in total. The highest BCUT2D eigenvalue weighted by Crippen LogP contribution is 2.37. The van der Waals surface area contributed by atoms with Gasteiger partial charge < -0.3 is 11.1 Å². The van der Waals surface area contributed by atoms with Gasteiger partial charge in [-0.3, -0.25) is 9.59 Å².